The predicted octanol–water partition coefficient (Wildman–Crippen LogP) is 3.96. The molecular weight excluding hydrogens is 406 g/mol. The van der Waals surface area contributed by atoms with Gasteiger partial charge in [0.25, 0.3) is 0 Å². The number of methoxy groups -OCH3 is 1. The van der Waals surface area contributed by atoms with E-state index in [1.807, 2.05) is 30.5 Å². The molecular formula is C20H28BrN5O. The molecule has 2 rings (SSSR count). The number of aliphatic imine (C=N–C) groups is 1. The number of halogens is 1. The quantitative estimate of drug-likeness (QED) is 0.300. The average molecular weight is 434 g/mol. The van der Waals surface area contributed by atoms with Crippen molar-refractivity contribution in [1.29, 1.82) is 0 Å². The normalized spacial score (nSPS) is 10.5. The molecule has 5 N–H and O–H groups in total. The van der Waals surface area contributed by atoms with Crippen LogP contribution in [0, 0.1) is 0 Å². The fraction of sp³-hybridized carbons (Fsp3) is 0.350. The van der Waals surface area contributed by atoms with Crippen molar-refractivity contribution < 1.29 is 4.74 Å². The van der Waals surface area contributed by atoms with Gasteiger partial charge in [0.1, 0.15) is 5.75 Å². The maximum Gasteiger partial charge on any atom is 0.191 e. The van der Waals surface area contributed by atoms with Crippen LogP contribution in [0.15, 0.2) is 46.5 Å². The van der Waals surface area contributed by atoms with Crippen LogP contribution in [0.1, 0.15) is 37.4 Å². The van der Waals surface area contributed by atoms with Crippen molar-refractivity contribution in [3.05, 3.63) is 52.8 Å². The summed E-state index contributed by atoms with van der Waals surface area (Å²) in [5, 5.41) is 3.39. The number of nitrogens with zero attached hydrogens (tertiary/aromatic N) is 2. The Labute approximate surface area is 169 Å². The fourth-order valence-electron chi connectivity index (χ4n) is 2.88. The van der Waals surface area contributed by atoms with Crippen LogP contribution < -0.4 is 21.5 Å². The van der Waals surface area contributed by atoms with Crippen molar-refractivity contribution >= 4 is 33.3 Å². The van der Waals surface area contributed by atoms with E-state index in [0.29, 0.717) is 12.2 Å². The first-order valence-corrected chi connectivity index (χ1v) is 9.79. The molecule has 146 valence electrons. The van der Waals surface area contributed by atoms with Gasteiger partial charge in [-0.2, -0.15) is 0 Å². The molecule has 0 saturated carbocycles. The number of ether oxygens (including phenoxy) is 1. The van der Waals surface area contributed by atoms with Gasteiger partial charge in [-0.15, -0.1) is 0 Å². The highest BCUT2D eigenvalue weighted by Crippen LogP contribution is 2.29. The monoisotopic (exact) mass is 433 g/mol. The molecule has 0 bridgehead atoms. The highest BCUT2D eigenvalue weighted by molar-refractivity contribution is 9.10. The van der Waals surface area contributed by atoms with Crippen LogP contribution in [-0.4, -0.2) is 24.2 Å². The summed E-state index contributed by atoms with van der Waals surface area (Å²) >= 11 is 3.48. The second kappa shape index (κ2) is 10.1. The second-order valence-corrected chi connectivity index (χ2v) is 7.20. The second-order valence-electron chi connectivity index (χ2n) is 6.28. The van der Waals surface area contributed by atoms with E-state index in [0.717, 1.165) is 40.1 Å². The van der Waals surface area contributed by atoms with Crippen molar-refractivity contribution in [2.45, 2.75) is 32.7 Å². The third kappa shape index (κ3) is 5.79. The van der Waals surface area contributed by atoms with Crippen LogP contribution in [0.25, 0.3) is 5.70 Å². The van der Waals surface area contributed by atoms with Gasteiger partial charge < -0.3 is 26.1 Å². The molecule has 0 spiro atoms. The van der Waals surface area contributed by atoms with E-state index in [1.165, 1.54) is 12.8 Å². The largest absolute Gasteiger partial charge is 0.496 e. The van der Waals surface area contributed by atoms with Gasteiger partial charge in [-0.1, -0.05) is 48.3 Å². The van der Waals surface area contributed by atoms with Crippen LogP contribution in [0.3, 0.4) is 0 Å². The van der Waals surface area contributed by atoms with E-state index in [9.17, 15) is 0 Å². The van der Waals surface area contributed by atoms with E-state index in [1.54, 1.807) is 7.11 Å². The predicted molar refractivity (Wildman–Crippen MR) is 116 cm³/mol. The number of rotatable bonds is 10. The first kappa shape index (κ1) is 20.9. The van der Waals surface area contributed by atoms with Crippen LogP contribution >= 0.6 is 15.9 Å². The minimum Gasteiger partial charge on any atom is -0.496 e. The molecule has 1 aromatic carbocycles. The van der Waals surface area contributed by atoms with E-state index in [-0.39, 0.29) is 5.96 Å². The summed E-state index contributed by atoms with van der Waals surface area (Å²) in [7, 11) is 1.67. The molecule has 1 aromatic heterocycles. The third-order valence-corrected chi connectivity index (χ3v) is 4.68. The third-order valence-electron chi connectivity index (χ3n) is 4.19. The lowest BCUT2D eigenvalue weighted by Crippen LogP contribution is -2.22. The molecule has 0 radical (unpaired) electrons. The molecule has 27 heavy (non-hydrogen) atoms. The van der Waals surface area contributed by atoms with Crippen LogP contribution in [0.4, 0.5) is 5.69 Å². The summed E-state index contributed by atoms with van der Waals surface area (Å²) in [5.41, 5.74) is 14.6. The standard InChI is InChI=1S/C20H28BrN5O/c1-4-5-6-10-24-14(2)19-17(25-20(22)23)9-11-26(19)13-15-7-8-16(21)12-18(15)27-3/h7-9,11-12,24H,2,4-6,10,13H2,1,3H3,(H4,22,23,25). The maximum absolute atomic E-state index is 5.60. The van der Waals surface area contributed by atoms with Gasteiger partial charge in [0.05, 0.1) is 30.7 Å². The molecule has 0 aliphatic rings. The maximum atomic E-state index is 5.60. The molecule has 0 aliphatic heterocycles. The molecule has 0 saturated heterocycles. The first-order chi connectivity index (χ1) is 13.0. The lowest BCUT2D eigenvalue weighted by Gasteiger charge is -2.16. The Bertz CT molecular complexity index is 809. The zero-order valence-corrected chi connectivity index (χ0v) is 17.6. The highest BCUT2D eigenvalue weighted by Gasteiger charge is 2.14. The Morgan fingerprint density at radius 1 is 1.30 bits per heavy atom. The average Bonchev–Trinajstić information content (AvgIpc) is 3.01. The number of unbranched alkanes of at least 4 members (excludes halogenated alkanes) is 2. The first-order valence-electron chi connectivity index (χ1n) is 9.00. The van der Waals surface area contributed by atoms with Crippen molar-refractivity contribution in [3.8, 4) is 5.75 Å². The minimum atomic E-state index is 0.0222. The number of hydrogen-bond acceptors (Lipinski definition) is 3. The molecule has 0 amide bonds. The van der Waals surface area contributed by atoms with Crippen LogP contribution in [0.2, 0.25) is 0 Å². The molecule has 0 atom stereocenters. The van der Waals surface area contributed by atoms with Crippen LogP contribution in [0.5, 0.6) is 5.75 Å². The topological polar surface area (TPSA) is 90.6 Å². The van der Waals surface area contributed by atoms with E-state index in [2.05, 4.69) is 44.3 Å². The van der Waals surface area contributed by atoms with E-state index < -0.39 is 0 Å². The summed E-state index contributed by atoms with van der Waals surface area (Å²) in [6.07, 6.45) is 5.40. The number of nitrogens with one attached hydrogen (secondary N) is 1. The fourth-order valence-corrected chi connectivity index (χ4v) is 3.22. The Hall–Kier alpha value is -2.41. The molecule has 2 aromatic rings. The molecule has 6 nitrogen and oxygen atoms in total. The highest BCUT2D eigenvalue weighted by atomic mass is 79.9. The lowest BCUT2D eigenvalue weighted by atomic mass is 10.2. The molecule has 0 aliphatic carbocycles. The van der Waals surface area contributed by atoms with Gasteiger partial charge >= 0.3 is 0 Å². The number of guanidine groups is 1. The van der Waals surface area contributed by atoms with Gasteiger partial charge in [0.15, 0.2) is 5.96 Å². The summed E-state index contributed by atoms with van der Waals surface area (Å²) in [5.74, 6) is 0.836. The van der Waals surface area contributed by atoms with Crippen molar-refractivity contribution in [2.75, 3.05) is 13.7 Å². The van der Waals surface area contributed by atoms with E-state index >= 15 is 0 Å². The molecule has 1 heterocycles. The van der Waals surface area contributed by atoms with Crippen LogP contribution in [-0.2, 0) is 6.54 Å². The summed E-state index contributed by atoms with van der Waals surface area (Å²) < 4.78 is 8.56. The van der Waals surface area contributed by atoms with Crippen molar-refractivity contribution in [3.63, 3.8) is 0 Å². The SMILES string of the molecule is C=C(NCCCCC)c1c(N=C(N)N)ccn1Cc1ccc(Br)cc1OC. The van der Waals surface area contributed by atoms with Gasteiger partial charge in [0.2, 0.25) is 0 Å². The summed E-state index contributed by atoms with van der Waals surface area (Å²) in [4.78, 5) is 4.26. The van der Waals surface area contributed by atoms with Crippen molar-refractivity contribution in [1.82, 2.24) is 9.88 Å². The van der Waals surface area contributed by atoms with Gasteiger partial charge in [-0.25, -0.2) is 4.99 Å². The van der Waals surface area contributed by atoms with E-state index in [4.69, 9.17) is 16.2 Å². The van der Waals surface area contributed by atoms with Gasteiger partial charge in [0, 0.05) is 22.8 Å². The molecule has 7 heteroatoms. The Kier molecular flexibility index (Phi) is 7.79. The molecule has 0 fully saturated rings. The zero-order valence-electron chi connectivity index (χ0n) is 16.0. The molecule has 0 unspecified atom stereocenters. The lowest BCUT2D eigenvalue weighted by molar-refractivity contribution is 0.408. The number of aromatic nitrogens is 1. The number of benzene rings is 1. The Morgan fingerprint density at radius 2 is 2.07 bits per heavy atom. The van der Waals surface area contributed by atoms with Gasteiger partial charge in [-0.05, 0) is 24.6 Å². The Balaban J connectivity index is 2.32. The Morgan fingerprint density at radius 3 is 2.74 bits per heavy atom. The minimum absolute atomic E-state index is 0.0222. The number of hydrogen-bond donors (Lipinski definition) is 3. The van der Waals surface area contributed by atoms with Gasteiger partial charge in [-0.3, -0.25) is 0 Å². The summed E-state index contributed by atoms with van der Waals surface area (Å²) in [6.45, 7) is 7.86. The zero-order chi connectivity index (χ0) is 19.8. The van der Waals surface area contributed by atoms with Crippen molar-refractivity contribution in [2.24, 2.45) is 16.5 Å². The smallest absolute Gasteiger partial charge is 0.191 e. The summed E-state index contributed by atoms with van der Waals surface area (Å²) in [6, 6.07) is 7.87. The number of nitrogens with two attached hydrogens (primary N) is 2.